The van der Waals surface area contributed by atoms with Crippen LogP contribution in [0.15, 0.2) is 0 Å². The average Bonchev–Trinajstić information content (AvgIpc) is 2.90. The van der Waals surface area contributed by atoms with Gasteiger partial charge >= 0.3 is 12.0 Å². The Kier molecular flexibility index (Phi) is 6.08. The third-order valence-electron chi connectivity index (χ3n) is 3.95. The van der Waals surface area contributed by atoms with Crippen molar-refractivity contribution < 1.29 is 14.7 Å². The first-order valence-electron chi connectivity index (χ1n) is 6.87. The fourth-order valence-corrected chi connectivity index (χ4v) is 2.33. The number of hydrogen-bond donors (Lipinski definition) is 2. The van der Waals surface area contributed by atoms with E-state index in [1.54, 1.807) is 0 Å². The molecule has 0 bridgehead atoms. The van der Waals surface area contributed by atoms with Crippen LogP contribution in [-0.4, -0.2) is 66.2 Å². The highest BCUT2D eigenvalue weighted by Gasteiger charge is 2.22. The van der Waals surface area contributed by atoms with Crippen LogP contribution in [0.5, 0.6) is 0 Å². The molecule has 0 radical (unpaired) electrons. The first kappa shape index (κ1) is 15.8. The van der Waals surface area contributed by atoms with Gasteiger partial charge in [-0.3, -0.25) is 0 Å². The number of likely N-dealkylation sites (N-methyl/N-ethyl adjacent to an activating group) is 2. The van der Waals surface area contributed by atoms with Gasteiger partial charge in [0.25, 0.3) is 0 Å². The molecule has 0 aliphatic heterocycles. The molecule has 1 unspecified atom stereocenters. The number of urea groups is 1. The van der Waals surface area contributed by atoms with Gasteiger partial charge in [0.15, 0.2) is 0 Å². The maximum atomic E-state index is 11.7. The van der Waals surface area contributed by atoms with Crippen molar-refractivity contribution in [2.75, 3.05) is 27.2 Å². The molecule has 1 saturated carbocycles. The smallest absolute Gasteiger partial charge is 0.326 e. The molecule has 0 heterocycles. The van der Waals surface area contributed by atoms with Gasteiger partial charge in [-0.1, -0.05) is 12.8 Å². The van der Waals surface area contributed by atoms with Crippen LogP contribution in [0.25, 0.3) is 0 Å². The molecule has 1 rings (SSSR count). The van der Waals surface area contributed by atoms with Crippen LogP contribution in [0.4, 0.5) is 4.79 Å². The average molecular weight is 271 g/mol. The molecular weight excluding hydrogens is 246 g/mol. The number of hydrogen-bond acceptors (Lipinski definition) is 3. The summed E-state index contributed by atoms with van der Waals surface area (Å²) >= 11 is 0. The molecule has 6 heteroatoms. The largest absolute Gasteiger partial charge is 0.480 e. The molecule has 2 amide bonds. The maximum Gasteiger partial charge on any atom is 0.326 e. The van der Waals surface area contributed by atoms with Gasteiger partial charge in [0.1, 0.15) is 6.04 Å². The van der Waals surface area contributed by atoms with E-state index in [2.05, 4.69) is 17.3 Å². The third kappa shape index (κ3) is 4.70. The molecule has 6 nitrogen and oxygen atoms in total. The Labute approximate surface area is 114 Å². The molecule has 0 saturated heterocycles. The van der Waals surface area contributed by atoms with Crippen molar-refractivity contribution in [1.82, 2.24) is 15.1 Å². The Hall–Kier alpha value is -1.30. The summed E-state index contributed by atoms with van der Waals surface area (Å²) in [5, 5.41) is 11.6. The van der Waals surface area contributed by atoms with E-state index in [0.29, 0.717) is 12.6 Å². The molecule has 0 aromatic carbocycles. The van der Waals surface area contributed by atoms with Gasteiger partial charge in [0, 0.05) is 26.2 Å². The monoisotopic (exact) mass is 271 g/mol. The van der Waals surface area contributed by atoms with E-state index in [1.165, 1.54) is 44.6 Å². The number of carbonyl (C=O) groups excluding carboxylic acids is 1. The molecule has 1 aliphatic carbocycles. The highest BCUT2D eigenvalue weighted by molar-refractivity contribution is 5.82. The Morgan fingerprint density at radius 2 is 1.89 bits per heavy atom. The number of rotatable bonds is 6. The van der Waals surface area contributed by atoms with Gasteiger partial charge in [-0.2, -0.15) is 0 Å². The Morgan fingerprint density at radius 1 is 1.32 bits per heavy atom. The number of carboxylic acid groups (broad SMARTS) is 1. The first-order chi connectivity index (χ1) is 8.93. The minimum atomic E-state index is -0.999. The summed E-state index contributed by atoms with van der Waals surface area (Å²) in [6, 6.07) is -0.519. The zero-order valence-corrected chi connectivity index (χ0v) is 12.1. The van der Waals surface area contributed by atoms with Gasteiger partial charge in [0.05, 0.1) is 0 Å². The molecule has 1 aliphatic rings. The summed E-state index contributed by atoms with van der Waals surface area (Å²) in [5.41, 5.74) is 0. The highest BCUT2D eigenvalue weighted by atomic mass is 16.4. The fourth-order valence-electron chi connectivity index (χ4n) is 2.33. The number of aliphatic carboxylic acids is 1. The number of carboxylic acids is 1. The number of amides is 2. The van der Waals surface area contributed by atoms with E-state index >= 15 is 0 Å². The minimum absolute atomic E-state index is 0.338. The van der Waals surface area contributed by atoms with Crippen LogP contribution in [-0.2, 0) is 4.79 Å². The first-order valence-corrected chi connectivity index (χ1v) is 6.87. The number of carbonyl (C=O) groups is 2. The molecule has 0 spiro atoms. The van der Waals surface area contributed by atoms with Crippen molar-refractivity contribution in [3.8, 4) is 0 Å². The van der Waals surface area contributed by atoms with Crippen LogP contribution in [0, 0.1) is 0 Å². The molecule has 1 fully saturated rings. The molecule has 19 heavy (non-hydrogen) atoms. The molecule has 0 aromatic rings. The second-order valence-corrected chi connectivity index (χ2v) is 5.28. The van der Waals surface area contributed by atoms with Gasteiger partial charge in [-0.15, -0.1) is 0 Å². The summed E-state index contributed by atoms with van der Waals surface area (Å²) in [5.74, 6) is -0.999. The van der Waals surface area contributed by atoms with Crippen LogP contribution in [0.2, 0.25) is 0 Å². The lowest BCUT2D eigenvalue weighted by Crippen LogP contribution is -2.47. The molecular formula is C13H25N3O3. The summed E-state index contributed by atoms with van der Waals surface area (Å²) in [7, 11) is 3.57. The van der Waals surface area contributed by atoms with Gasteiger partial charge in [0.2, 0.25) is 0 Å². The predicted molar refractivity (Wildman–Crippen MR) is 73.1 cm³/mol. The van der Waals surface area contributed by atoms with Crippen LogP contribution < -0.4 is 5.32 Å². The van der Waals surface area contributed by atoms with E-state index in [1.807, 2.05) is 0 Å². The van der Waals surface area contributed by atoms with Gasteiger partial charge < -0.3 is 20.2 Å². The van der Waals surface area contributed by atoms with Crippen molar-refractivity contribution >= 4 is 12.0 Å². The minimum Gasteiger partial charge on any atom is -0.480 e. The lowest BCUT2D eigenvalue weighted by Gasteiger charge is -2.25. The molecule has 1 atom stereocenters. The quantitative estimate of drug-likeness (QED) is 0.755. The number of nitrogens with zero attached hydrogens (tertiary/aromatic N) is 2. The van der Waals surface area contributed by atoms with Gasteiger partial charge in [-0.25, -0.2) is 9.59 Å². The fraction of sp³-hybridized carbons (Fsp3) is 0.846. The van der Waals surface area contributed by atoms with Crippen LogP contribution in [0.1, 0.15) is 32.6 Å². The zero-order valence-electron chi connectivity index (χ0n) is 12.1. The van der Waals surface area contributed by atoms with Crippen molar-refractivity contribution in [3.63, 3.8) is 0 Å². The van der Waals surface area contributed by atoms with E-state index in [0.717, 1.165) is 6.54 Å². The summed E-state index contributed by atoms with van der Waals surface area (Å²) < 4.78 is 0. The van der Waals surface area contributed by atoms with Crippen molar-refractivity contribution in [2.45, 2.75) is 44.7 Å². The Morgan fingerprint density at radius 3 is 2.42 bits per heavy atom. The maximum absolute atomic E-state index is 11.7. The van der Waals surface area contributed by atoms with Crippen molar-refractivity contribution in [3.05, 3.63) is 0 Å². The predicted octanol–water partition coefficient (Wildman–Crippen LogP) is 0.975. The summed E-state index contributed by atoms with van der Waals surface area (Å²) in [6.45, 7) is 2.83. The van der Waals surface area contributed by atoms with E-state index in [-0.39, 0.29) is 6.03 Å². The topological polar surface area (TPSA) is 72.9 Å². The molecule has 110 valence electrons. The second-order valence-electron chi connectivity index (χ2n) is 5.28. The summed E-state index contributed by atoms with van der Waals surface area (Å²) in [4.78, 5) is 26.0. The van der Waals surface area contributed by atoms with Crippen LogP contribution in [0.3, 0.4) is 0 Å². The lowest BCUT2D eigenvalue weighted by molar-refractivity contribution is -0.141. The molecule has 2 N–H and O–H groups in total. The zero-order chi connectivity index (χ0) is 14.4. The second kappa shape index (κ2) is 7.33. The van der Waals surface area contributed by atoms with E-state index in [4.69, 9.17) is 5.11 Å². The SMILES string of the molecule is CC(C(=O)O)N(C)C(=O)NCCN(C)C1CCCC1. The highest BCUT2D eigenvalue weighted by Crippen LogP contribution is 2.21. The normalized spacial score (nSPS) is 17.5. The Bertz CT molecular complexity index is 316. The van der Waals surface area contributed by atoms with Crippen LogP contribution >= 0.6 is 0 Å². The molecule has 0 aromatic heterocycles. The van der Waals surface area contributed by atoms with Crippen molar-refractivity contribution in [2.24, 2.45) is 0 Å². The Balaban J connectivity index is 2.24. The number of nitrogens with one attached hydrogen (secondary N) is 1. The van der Waals surface area contributed by atoms with Crippen molar-refractivity contribution in [1.29, 1.82) is 0 Å². The van der Waals surface area contributed by atoms with E-state index < -0.39 is 12.0 Å². The third-order valence-corrected chi connectivity index (χ3v) is 3.95. The standard InChI is InChI=1S/C13H25N3O3/c1-10(12(17)18)16(3)13(19)14-8-9-15(2)11-6-4-5-7-11/h10-11H,4-9H2,1-3H3,(H,14,19)(H,17,18). The van der Waals surface area contributed by atoms with E-state index in [9.17, 15) is 9.59 Å². The summed E-state index contributed by atoms with van der Waals surface area (Å²) in [6.07, 6.45) is 5.06. The lowest BCUT2D eigenvalue weighted by atomic mass is 10.2. The van der Waals surface area contributed by atoms with Gasteiger partial charge in [-0.05, 0) is 26.8 Å².